The van der Waals surface area contributed by atoms with Crippen molar-refractivity contribution >= 4 is 33.5 Å². The van der Waals surface area contributed by atoms with E-state index in [1.54, 1.807) is 0 Å². The van der Waals surface area contributed by atoms with Crippen LogP contribution in [0, 0.1) is 0 Å². The lowest BCUT2D eigenvalue weighted by atomic mass is 10.1. The van der Waals surface area contributed by atoms with Crippen molar-refractivity contribution in [2.75, 3.05) is 0 Å². The third-order valence-electron chi connectivity index (χ3n) is 1.93. The molecule has 0 radical (unpaired) electrons. The number of carboxylic acid groups (broad SMARTS) is 1. The van der Waals surface area contributed by atoms with Gasteiger partial charge in [-0.25, -0.2) is 0 Å². The van der Waals surface area contributed by atoms with Gasteiger partial charge in [-0.1, -0.05) is 27.5 Å². The molecule has 0 aromatic heterocycles. The molecule has 0 spiro atoms. The van der Waals surface area contributed by atoms with Crippen molar-refractivity contribution in [3.8, 4) is 5.75 Å². The molecule has 0 atom stereocenters. The first-order chi connectivity index (χ1) is 7.93. The van der Waals surface area contributed by atoms with Crippen LogP contribution in [0.1, 0.15) is 11.1 Å². The fourth-order valence-corrected chi connectivity index (χ4v) is 2.12. The van der Waals surface area contributed by atoms with Crippen molar-refractivity contribution in [3.63, 3.8) is 0 Å². The SMILES string of the molecule is O=C(O)Cc1cc(Cl)c(CBr)cc1OC(F)F. The van der Waals surface area contributed by atoms with E-state index in [1.807, 2.05) is 0 Å². The Morgan fingerprint density at radius 3 is 2.59 bits per heavy atom. The normalized spacial score (nSPS) is 10.6. The van der Waals surface area contributed by atoms with Gasteiger partial charge >= 0.3 is 12.6 Å². The molecular weight excluding hydrogens is 321 g/mol. The highest BCUT2D eigenvalue weighted by atomic mass is 79.9. The largest absolute Gasteiger partial charge is 0.481 e. The topological polar surface area (TPSA) is 46.5 Å². The lowest BCUT2D eigenvalue weighted by molar-refractivity contribution is -0.136. The zero-order chi connectivity index (χ0) is 13.0. The molecule has 0 fully saturated rings. The summed E-state index contributed by atoms with van der Waals surface area (Å²) >= 11 is 9.00. The summed E-state index contributed by atoms with van der Waals surface area (Å²) in [5, 5.41) is 9.31. The summed E-state index contributed by atoms with van der Waals surface area (Å²) in [5.41, 5.74) is 0.670. The molecule has 0 aliphatic rings. The van der Waals surface area contributed by atoms with E-state index < -0.39 is 19.0 Å². The van der Waals surface area contributed by atoms with Gasteiger partial charge in [-0.05, 0) is 17.7 Å². The van der Waals surface area contributed by atoms with Gasteiger partial charge < -0.3 is 9.84 Å². The van der Waals surface area contributed by atoms with Gasteiger partial charge in [0.05, 0.1) is 6.42 Å². The van der Waals surface area contributed by atoms with E-state index in [0.29, 0.717) is 15.9 Å². The molecule has 94 valence electrons. The molecule has 1 N–H and O–H groups in total. The molecule has 1 aromatic carbocycles. The van der Waals surface area contributed by atoms with Crippen LogP contribution >= 0.6 is 27.5 Å². The van der Waals surface area contributed by atoms with E-state index >= 15 is 0 Å². The molecule has 0 saturated heterocycles. The molecule has 0 amide bonds. The number of hydrogen-bond donors (Lipinski definition) is 1. The molecule has 7 heteroatoms. The summed E-state index contributed by atoms with van der Waals surface area (Å²) < 4.78 is 28.6. The molecule has 0 aliphatic heterocycles. The predicted octanol–water partition coefficient (Wildman–Crippen LogP) is 3.46. The highest BCUT2D eigenvalue weighted by Gasteiger charge is 2.15. The van der Waals surface area contributed by atoms with Crippen LogP contribution in [-0.4, -0.2) is 17.7 Å². The number of alkyl halides is 3. The Hall–Kier alpha value is -0.880. The Morgan fingerprint density at radius 1 is 1.47 bits per heavy atom. The molecule has 1 rings (SSSR count). The van der Waals surface area contributed by atoms with Crippen LogP contribution in [0.3, 0.4) is 0 Å². The Balaban J connectivity index is 3.15. The zero-order valence-electron chi connectivity index (χ0n) is 8.42. The molecule has 0 unspecified atom stereocenters. The number of halogens is 4. The van der Waals surface area contributed by atoms with Crippen LogP contribution in [0.5, 0.6) is 5.75 Å². The van der Waals surface area contributed by atoms with Crippen LogP contribution < -0.4 is 4.74 Å². The second kappa shape index (κ2) is 6.16. The molecule has 0 bridgehead atoms. The summed E-state index contributed by atoms with van der Waals surface area (Å²) in [4.78, 5) is 10.6. The van der Waals surface area contributed by atoms with Crippen LogP contribution in [-0.2, 0) is 16.5 Å². The van der Waals surface area contributed by atoms with E-state index in [-0.39, 0.29) is 11.3 Å². The summed E-state index contributed by atoms with van der Waals surface area (Å²) in [6.07, 6.45) is -0.426. The van der Waals surface area contributed by atoms with Gasteiger partial charge in [0.15, 0.2) is 0 Å². The average Bonchev–Trinajstić information content (AvgIpc) is 2.20. The van der Waals surface area contributed by atoms with Gasteiger partial charge in [-0.3, -0.25) is 4.79 Å². The second-order valence-corrected chi connectivity index (χ2v) is 4.10. The number of benzene rings is 1. The molecule has 1 aromatic rings. The minimum atomic E-state index is -3.01. The molecule has 0 saturated carbocycles. The number of rotatable bonds is 5. The van der Waals surface area contributed by atoms with Crippen molar-refractivity contribution in [2.45, 2.75) is 18.4 Å². The molecule has 0 aliphatic carbocycles. The number of hydrogen-bond acceptors (Lipinski definition) is 2. The number of carbonyl (C=O) groups is 1. The second-order valence-electron chi connectivity index (χ2n) is 3.13. The molecular formula is C10H8BrClF2O3. The van der Waals surface area contributed by atoms with Crippen molar-refractivity contribution in [1.82, 2.24) is 0 Å². The van der Waals surface area contributed by atoms with E-state index in [2.05, 4.69) is 20.7 Å². The summed E-state index contributed by atoms with van der Waals surface area (Å²) in [6.45, 7) is -3.01. The van der Waals surface area contributed by atoms with E-state index in [1.165, 1.54) is 12.1 Å². The van der Waals surface area contributed by atoms with Gasteiger partial charge in [0.2, 0.25) is 0 Å². The maximum Gasteiger partial charge on any atom is 0.387 e. The molecule has 3 nitrogen and oxygen atoms in total. The lowest BCUT2D eigenvalue weighted by Crippen LogP contribution is -2.08. The highest BCUT2D eigenvalue weighted by Crippen LogP contribution is 2.30. The van der Waals surface area contributed by atoms with Crippen molar-refractivity contribution in [1.29, 1.82) is 0 Å². The molecule has 17 heavy (non-hydrogen) atoms. The van der Waals surface area contributed by atoms with Crippen LogP contribution in [0.25, 0.3) is 0 Å². The smallest absolute Gasteiger partial charge is 0.387 e. The van der Waals surface area contributed by atoms with Gasteiger partial charge in [-0.15, -0.1) is 0 Å². The number of aliphatic carboxylic acids is 1. The quantitative estimate of drug-likeness (QED) is 0.842. The van der Waals surface area contributed by atoms with Gasteiger partial charge in [0.1, 0.15) is 5.75 Å². The van der Waals surface area contributed by atoms with Crippen LogP contribution in [0.4, 0.5) is 8.78 Å². The Labute approximate surface area is 109 Å². The van der Waals surface area contributed by atoms with Crippen LogP contribution in [0.2, 0.25) is 5.02 Å². The average molecular weight is 330 g/mol. The Bertz CT molecular complexity index is 426. The Kier molecular flexibility index (Phi) is 5.14. The Morgan fingerprint density at radius 2 is 2.12 bits per heavy atom. The van der Waals surface area contributed by atoms with E-state index in [4.69, 9.17) is 16.7 Å². The maximum absolute atomic E-state index is 12.2. The minimum absolute atomic E-state index is 0.118. The third-order valence-corrected chi connectivity index (χ3v) is 2.89. The summed E-state index contributed by atoms with van der Waals surface area (Å²) in [7, 11) is 0. The minimum Gasteiger partial charge on any atom is -0.481 e. The highest BCUT2D eigenvalue weighted by molar-refractivity contribution is 9.08. The summed E-state index contributed by atoms with van der Waals surface area (Å²) in [5.74, 6) is -1.31. The van der Waals surface area contributed by atoms with E-state index in [0.717, 1.165) is 0 Å². The lowest BCUT2D eigenvalue weighted by Gasteiger charge is -2.12. The molecule has 0 heterocycles. The van der Waals surface area contributed by atoms with E-state index in [9.17, 15) is 13.6 Å². The van der Waals surface area contributed by atoms with Crippen LogP contribution in [0.15, 0.2) is 12.1 Å². The summed E-state index contributed by atoms with van der Waals surface area (Å²) in [6, 6.07) is 2.63. The van der Waals surface area contributed by atoms with Gasteiger partial charge in [0.25, 0.3) is 0 Å². The first-order valence-electron chi connectivity index (χ1n) is 4.48. The first kappa shape index (κ1) is 14.2. The predicted molar refractivity (Wildman–Crippen MR) is 62.1 cm³/mol. The maximum atomic E-state index is 12.2. The standard InChI is InChI=1S/C10H8BrClF2O3/c11-4-6-2-8(17-10(13)14)5(1-7(6)12)3-9(15)16/h1-2,10H,3-4H2,(H,15,16). The number of carboxylic acids is 1. The zero-order valence-corrected chi connectivity index (χ0v) is 10.8. The van der Waals surface area contributed by atoms with Gasteiger partial charge in [0, 0.05) is 15.9 Å². The monoisotopic (exact) mass is 328 g/mol. The van der Waals surface area contributed by atoms with Crippen molar-refractivity contribution in [3.05, 3.63) is 28.3 Å². The number of ether oxygens (including phenoxy) is 1. The van der Waals surface area contributed by atoms with Gasteiger partial charge in [-0.2, -0.15) is 8.78 Å². The fourth-order valence-electron chi connectivity index (χ4n) is 1.25. The third kappa shape index (κ3) is 4.12. The first-order valence-corrected chi connectivity index (χ1v) is 5.98. The van der Waals surface area contributed by atoms with Crippen molar-refractivity contribution < 1.29 is 23.4 Å². The van der Waals surface area contributed by atoms with Crippen molar-refractivity contribution in [2.24, 2.45) is 0 Å². The fraction of sp³-hybridized carbons (Fsp3) is 0.300.